The molecule has 2 amide bonds. The number of carbonyl (C=O) groups excluding carboxylic acids is 2. The molecule has 0 aromatic carbocycles. The van der Waals surface area contributed by atoms with Crippen LogP contribution < -0.4 is 5.73 Å². The van der Waals surface area contributed by atoms with Gasteiger partial charge in [-0.2, -0.15) is 0 Å². The van der Waals surface area contributed by atoms with Gasteiger partial charge in [0.15, 0.2) is 0 Å². The molecule has 2 aliphatic rings. The third kappa shape index (κ3) is 6.75. The first-order valence-electron chi connectivity index (χ1n) is 8.43. The number of hydrogen-bond acceptors (Lipinski definition) is 4. The first-order valence-corrected chi connectivity index (χ1v) is 8.43. The Morgan fingerprint density at radius 1 is 1.08 bits per heavy atom. The molecule has 2 fully saturated rings. The number of carbonyl (C=O) groups is 2. The van der Waals surface area contributed by atoms with Crippen molar-refractivity contribution in [3.05, 3.63) is 0 Å². The molecular weight excluding hydrogens is 351 g/mol. The Bertz CT molecular complexity index is 402. The lowest BCUT2D eigenvalue weighted by Crippen LogP contribution is -2.49. The SMILES string of the molecule is CN(C)C(=O)CCN1CCN(C(=O)C[C@@H]2CCC[C@H]2N)CC1.Cl.Cl. The summed E-state index contributed by atoms with van der Waals surface area (Å²) in [5, 5.41) is 0. The molecule has 0 aromatic rings. The van der Waals surface area contributed by atoms with Crippen LogP contribution in [-0.2, 0) is 9.59 Å². The van der Waals surface area contributed by atoms with Gasteiger partial charge in [0, 0.05) is 65.7 Å². The number of halogens is 2. The van der Waals surface area contributed by atoms with Crippen molar-refractivity contribution >= 4 is 36.6 Å². The second kappa shape index (κ2) is 11.1. The highest BCUT2D eigenvalue weighted by molar-refractivity contribution is 5.85. The molecule has 142 valence electrons. The van der Waals surface area contributed by atoms with E-state index in [1.54, 1.807) is 19.0 Å². The predicted octanol–water partition coefficient (Wildman–Crippen LogP) is 0.970. The number of piperazine rings is 1. The van der Waals surface area contributed by atoms with E-state index in [0.29, 0.717) is 18.8 Å². The van der Waals surface area contributed by atoms with Gasteiger partial charge in [0.2, 0.25) is 11.8 Å². The highest BCUT2D eigenvalue weighted by Crippen LogP contribution is 2.27. The molecule has 6 nitrogen and oxygen atoms in total. The Labute approximate surface area is 157 Å². The zero-order chi connectivity index (χ0) is 16.1. The minimum Gasteiger partial charge on any atom is -0.349 e. The van der Waals surface area contributed by atoms with Gasteiger partial charge in [-0.15, -0.1) is 24.8 Å². The molecule has 8 heteroatoms. The van der Waals surface area contributed by atoms with E-state index in [1.165, 1.54) is 0 Å². The van der Waals surface area contributed by atoms with Crippen molar-refractivity contribution in [1.82, 2.24) is 14.7 Å². The van der Waals surface area contributed by atoms with Crippen molar-refractivity contribution in [2.24, 2.45) is 11.7 Å². The van der Waals surface area contributed by atoms with Crippen molar-refractivity contribution in [2.75, 3.05) is 46.8 Å². The average molecular weight is 383 g/mol. The van der Waals surface area contributed by atoms with Crippen LogP contribution in [0.2, 0.25) is 0 Å². The molecule has 0 spiro atoms. The molecule has 0 unspecified atom stereocenters. The fourth-order valence-corrected chi connectivity index (χ4v) is 3.37. The molecule has 2 rings (SSSR count). The van der Waals surface area contributed by atoms with Crippen molar-refractivity contribution in [1.29, 1.82) is 0 Å². The summed E-state index contributed by atoms with van der Waals surface area (Å²) < 4.78 is 0. The van der Waals surface area contributed by atoms with Crippen LogP contribution >= 0.6 is 24.8 Å². The maximum absolute atomic E-state index is 12.4. The highest BCUT2D eigenvalue weighted by atomic mass is 35.5. The second-order valence-electron chi connectivity index (χ2n) is 6.82. The standard InChI is InChI=1S/C16H30N4O2.2ClH/c1-18(2)15(21)6-7-19-8-10-20(11-9-19)16(22)12-13-4-3-5-14(13)17;;/h13-14H,3-12,17H2,1-2H3;2*1H/t13-,14+;;/m0../s1. The molecule has 0 radical (unpaired) electrons. The van der Waals surface area contributed by atoms with Crippen molar-refractivity contribution in [2.45, 2.75) is 38.1 Å². The largest absolute Gasteiger partial charge is 0.349 e. The van der Waals surface area contributed by atoms with Gasteiger partial charge in [-0.3, -0.25) is 14.5 Å². The summed E-state index contributed by atoms with van der Waals surface area (Å²) in [5.41, 5.74) is 6.06. The molecule has 2 atom stereocenters. The van der Waals surface area contributed by atoms with E-state index in [1.807, 2.05) is 4.90 Å². The second-order valence-corrected chi connectivity index (χ2v) is 6.82. The number of amides is 2. The van der Waals surface area contributed by atoms with Gasteiger partial charge < -0.3 is 15.5 Å². The lowest BCUT2D eigenvalue weighted by molar-refractivity contribution is -0.134. The molecule has 1 saturated carbocycles. The summed E-state index contributed by atoms with van der Waals surface area (Å²) in [7, 11) is 3.57. The fourth-order valence-electron chi connectivity index (χ4n) is 3.37. The van der Waals surface area contributed by atoms with Crippen LogP contribution in [0.5, 0.6) is 0 Å². The first-order chi connectivity index (χ1) is 10.5. The maximum Gasteiger partial charge on any atom is 0.223 e. The quantitative estimate of drug-likeness (QED) is 0.768. The van der Waals surface area contributed by atoms with Gasteiger partial charge in [0.05, 0.1) is 0 Å². The van der Waals surface area contributed by atoms with E-state index in [-0.39, 0.29) is 42.7 Å². The monoisotopic (exact) mass is 382 g/mol. The maximum atomic E-state index is 12.4. The van der Waals surface area contributed by atoms with E-state index in [0.717, 1.165) is 52.0 Å². The zero-order valence-corrected chi connectivity index (χ0v) is 16.4. The Hall–Kier alpha value is -0.560. The number of rotatable bonds is 5. The van der Waals surface area contributed by atoms with E-state index in [4.69, 9.17) is 5.73 Å². The molecule has 0 bridgehead atoms. The molecule has 0 aromatic heterocycles. The summed E-state index contributed by atoms with van der Waals surface area (Å²) in [6, 6.07) is 0.210. The summed E-state index contributed by atoms with van der Waals surface area (Å²) in [4.78, 5) is 29.8. The van der Waals surface area contributed by atoms with Crippen LogP contribution in [0.25, 0.3) is 0 Å². The smallest absolute Gasteiger partial charge is 0.223 e. The van der Waals surface area contributed by atoms with Crippen LogP contribution in [-0.4, -0.2) is 79.4 Å². The van der Waals surface area contributed by atoms with Crippen LogP contribution in [0.15, 0.2) is 0 Å². The van der Waals surface area contributed by atoms with Gasteiger partial charge in [-0.05, 0) is 18.8 Å². The Morgan fingerprint density at radius 3 is 2.21 bits per heavy atom. The van der Waals surface area contributed by atoms with Gasteiger partial charge >= 0.3 is 0 Å². The van der Waals surface area contributed by atoms with Gasteiger partial charge in [0.1, 0.15) is 0 Å². The summed E-state index contributed by atoms with van der Waals surface area (Å²) >= 11 is 0. The summed E-state index contributed by atoms with van der Waals surface area (Å²) in [6.45, 7) is 4.06. The molecule has 1 heterocycles. The van der Waals surface area contributed by atoms with Gasteiger partial charge in [-0.1, -0.05) is 6.42 Å². The topological polar surface area (TPSA) is 69.9 Å². The van der Waals surface area contributed by atoms with Crippen LogP contribution in [0.4, 0.5) is 0 Å². The van der Waals surface area contributed by atoms with E-state index in [9.17, 15) is 9.59 Å². The zero-order valence-electron chi connectivity index (χ0n) is 14.8. The van der Waals surface area contributed by atoms with Crippen molar-refractivity contribution in [3.63, 3.8) is 0 Å². The number of hydrogen-bond donors (Lipinski definition) is 1. The van der Waals surface area contributed by atoms with E-state index in [2.05, 4.69) is 4.90 Å². The van der Waals surface area contributed by atoms with Gasteiger partial charge in [0.25, 0.3) is 0 Å². The normalized spacial score (nSPS) is 24.0. The number of nitrogens with zero attached hydrogens (tertiary/aromatic N) is 3. The third-order valence-electron chi connectivity index (χ3n) is 5.02. The predicted molar refractivity (Wildman–Crippen MR) is 101 cm³/mol. The highest BCUT2D eigenvalue weighted by Gasteiger charge is 2.29. The van der Waals surface area contributed by atoms with Crippen molar-refractivity contribution in [3.8, 4) is 0 Å². The van der Waals surface area contributed by atoms with Crippen LogP contribution in [0.3, 0.4) is 0 Å². The minimum atomic E-state index is 0. The first kappa shape index (κ1) is 23.4. The molecule has 1 saturated heterocycles. The van der Waals surface area contributed by atoms with Gasteiger partial charge in [-0.25, -0.2) is 0 Å². The Kier molecular flexibility index (Phi) is 10.9. The van der Waals surface area contributed by atoms with Crippen LogP contribution in [0.1, 0.15) is 32.1 Å². The average Bonchev–Trinajstić information content (AvgIpc) is 2.90. The number of nitrogens with two attached hydrogens (primary N) is 1. The van der Waals surface area contributed by atoms with Crippen LogP contribution in [0, 0.1) is 5.92 Å². The Morgan fingerprint density at radius 2 is 1.71 bits per heavy atom. The lowest BCUT2D eigenvalue weighted by atomic mass is 9.99. The molecule has 1 aliphatic heterocycles. The Balaban J connectivity index is 0.00000264. The van der Waals surface area contributed by atoms with Crippen molar-refractivity contribution < 1.29 is 9.59 Å². The summed E-state index contributed by atoms with van der Waals surface area (Å²) in [5.74, 6) is 0.795. The lowest BCUT2D eigenvalue weighted by Gasteiger charge is -2.35. The van der Waals surface area contributed by atoms with E-state index >= 15 is 0 Å². The molecule has 2 N–H and O–H groups in total. The third-order valence-corrected chi connectivity index (χ3v) is 5.02. The minimum absolute atomic E-state index is 0. The molecular formula is C16H32Cl2N4O2. The fraction of sp³-hybridized carbons (Fsp3) is 0.875. The molecule has 24 heavy (non-hydrogen) atoms. The van der Waals surface area contributed by atoms with E-state index < -0.39 is 0 Å². The molecule has 1 aliphatic carbocycles. The summed E-state index contributed by atoms with van der Waals surface area (Å²) in [6.07, 6.45) is 4.48.